The quantitative estimate of drug-likeness (QED) is 0.183. The number of anilines is 4. The number of hydrogen-bond acceptors (Lipinski definition) is 6. The molecule has 2 aromatic carbocycles. The second-order valence-electron chi connectivity index (χ2n) is 8.53. The molecule has 0 saturated carbocycles. The van der Waals surface area contributed by atoms with E-state index in [1.54, 1.807) is 12.4 Å². The summed E-state index contributed by atoms with van der Waals surface area (Å²) in [6, 6.07) is 24.0. The van der Waals surface area contributed by atoms with E-state index in [4.69, 9.17) is 0 Å². The zero-order chi connectivity index (χ0) is 25.6. The molecule has 2 aliphatic heterocycles. The monoisotopic (exact) mass is 496 g/mol. The molecular formula is C30H24N8. The van der Waals surface area contributed by atoms with Gasteiger partial charge in [-0.25, -0.2) is 4.98 Å². The van der Waals surface area contributed by atoms with E-state index in [1.165, 1.54) is 0 Å². The van der Waals surface area contributed by atoms with Crippen molar-refractivity contribution in [1.82, 2.24) is 30.1 Å². The lowest BCUT2D eigenvalue weighted by Gasteiger charge is -2.05. The molecular weight excluding hydrogens is 472 g/mol. The second kappa shape index (κ2) is 10.6. The molecule has 0 spiro atoms. The van der Waals surface area contributed by atoms with E-state index in [2.05, 4.69) is 40.8 Å². The fraction of sp³-hybridized carbons (Fsp3) is 0. The number of fused-ring (bicyclic) bond motifs is 1. The van der Waals surface area contributed by atoms with Gasteiger partial charge in [0.2, 0.25) is 0 Å². The third kappa shape index (κ3) is 5.19. The molecule has 2 aromatic heterocycles. The normalized spacial score (nSPS) is 11.5. The minimum absolute atomic E-state index is 0.633. The number of rotatable bonds is 8. The molecule has 0 saturated heterocycles. The van der Waals surface area contributed by atoms with Crippen molar-refractivity contribution < 1.29 is 0 Å². The molecule has 4 aromatic rings. The zero-order valence-corrected chi connectivity index (χ0v) is 20.3. The van der Waals surface area contributed by atoms with Crippen molar-refractivity contribution in [2.45, 2.75) is 0 Å². The molecule has 0 radical (unpaired) electrons. The molecule has 8 heteroatoms. The van der Waals surface area contributed by atoms with Gasteiger partial charge in [-0.15, -0.1) is 10.2 Å². The molecule has 8 nitrogen and oxygen atoms in total. The molecule has 4 N–H and O–H groups in total. The lowest BCUT2D eigenvalue weighted by atomic mass is 10.2. The van der Waals surface area contributed by atoms with E-state index in [0.29, 0.717) is 22.8 Å². The van der Waals surface area contributed by atoms with Crippen LogP contribution in [0, 0.1) is 0 Å². The van der Waals surface area contributed by atoms with Crippen LogP contribution in [0.4, 0.5) is 23.0 Å². The van der Waals surface area contributed by atoms with Gasteiger partial charge in [0.15, 0.2) is 0 Å². The van der Waals surface area contributed by atoms with Crippen LogP contribution in [0.25, 0.3) is 35.7 Å². The van der Waals surface area contributed by atoms with Crippen molar-refractivity contribution in [3.8, 4) is 11.4 Å². The summed E-state index contributed by atoms with van der Waals surface area (Å²) in [4.78, 5) is 15.7. The molecule has 0 bridgehead atoms. The average Bonchev–Trinajstić information content (AvgIpc) is 3.65. The number of H-pyrrole nitrogens is 2. The second-order valence-corrected chi connectivity index (χ2v) is 8.53. The minimum Gasteiger partial charge on any atom is -0.348 e. The third-order valence-electron chi connectivity index (χ3n) is 5.91. The molecule has 0 unspecified atom stereocenters. The minimum atomic E-state index is 0.633. The lowest BCUT2D eigenvalue weighted by molar-refractivity contribution is 1.08. The van der Waals surface area contributed by atoms with Crippen molar-refractivity contribution in [3.05, 3.63) is 120 Å². The molecule has 0 aliphatic carbocycles. The van der Waals surface area contributed by atoms with Gasteiger partial charge in [0, 0.05) is 34.9 Å². The van der Waals surface area contributed by atoms with Gasteiger partial charge in [0.05, 0.1) is 18.1 Å². The lowest BCUT2D eigenvalue weighted by Crippen LogP contribution is -1.91. The highest BCUT2D eigenvalue weighted by Gasteiger charge is 2.12. The van der Waals surface area contributed by atoms with Crippen LogP contribution in [0.1, 0.15) is 22.5 Å². The van der Waals surface area contributed by atoms with E-state index < -0.39 is 0 Å². The Bertz CT molecular complexity index is 1670. The number of nitrogens with zero attached hydrogens (tertiary/aromatic N) is 4. The number of aromatic amines is 2. The Kier molecular flexibility index (Phi) is 6.42. The first-order chi connectivity index (χ1) is 18.8. The number of nitrogens with one attached hydrogen (secondary N) is 4. The van der Waals surface area contributed by atoms with Crippen molar-refractivity contribution >= 4 is 47.3 Å². The Balaban J connectivity index is 1.20. The summed E-state index contributed by atoms with van der Waals surface area (Å²) in [6.07, 6.45) is 15.0. The Morgan fingerprint density at radius 3 is 1.82 bits per heavy atom. The first kappa shape index (κ1) is 22.9. The smallest absolute Gasteiger partial charge is 0.132 e. The first-order valence-corrected chi connectivity index (χ1v) is 12.2. The van der Waals surface area contributed by atoms with E-state index in [1.807, 2.05) is 109 Å². The van der Waals surface area contributed by atoms with E-state index in [-0.39, 0.29) is 0 Å². The third-order valence-corrected chi connectivity index (χ3v) is 5.91. The summed E-state index contributed by atoms with van der Waals surface area (Å²) in [6.45, 7) is 0. The standard InChI is InChI=1S/C30H24N8/c1-3-7-23(8-4-1)35-29-21(15-17-31-29)11-13-25-19-34-28-26(37-38-27(28)20-33-25)14-12-22-16-18-32-30(22)36-24-9-5-2-6-10-24/h1-20,31-32,35-36H/b13-11+,14-12+. The highest BCUT2D eigenvalue weighted by Crippen LogP contribution is 2.25. The van der Waals surface area contributed by atoms with Gasteiger partial charge >= 0.3 is 0 Å². The fourth-order valence-corrected chi connectivity index (χ4v) is 3.98. The van der Waals surface area contributed by atoms with Gasteiger partial charge in [0.25, 0.3) is 0 Å². The molecule has 184 valence electrons. The Hall–Kier alpha value is -5.50. The van der Waals surface area contributed by atoms with Crippen molar-refractivity contribution in [2.75, 3.05) is 10.6 Å². The maximum absolute atomic E-state index is 4.65. The molecule has 0 fully saturated rings. The van der Waals surface area contributed by atoms with Crippen LogP contribution in [-0.4, -0.2) is 30.1 Å². The topological polar surface area (TPSA) is 107 Å². The van der Waals surface area contributed by atoms with Gasteiger partial charge in [-0.05, 0) is 60.7 Å². The van der Waals surface area contributed by atoms with Crippen molar-refractivity contribution in [1.29, 1.82) is 0 Å². The number of hydrogen-bond donors (Lipinski definition) is 4. The maximum Gasteiger partial charge on any atom is 0.132 e. The molecule has 6 rings (SSSR count). The van der Waals surface area contributed by atoms with Crippen LogP contribution < -0.4 is 10.6 Å². The van der Waals surface area contributed by atoms with Crippen LogP contribution in [0.5, 0.6) is 0 Å². The zero-order valence-electron chi connectivity index (χ0n) is 20.3. The van der Waals surface area contributed by atoms with Crippen molar-refractivity contribution in [2.24, 2.45) is 0 Å². The Morgan fingerprint density at radius 2 is 1.18 bits per heavy atom. The number of benzene rings is 2. The van der Waals surface area contributed by atoms with E-state index in [9.17, 15) is 0 Å². The fourth-order valence-electron chi connectivity index (χ4n) is 3.98. The number of aromatic nitrogens is 6. The van der Waals surface area contributed by atoms with Crippen LogP contribution >= 0.6 is 0 Å². The Morgan fingerprint density at radius 1 is 0.579 bits per heavy atom. The average molecular weight is 497 g/mol. The largest absolute Gasteiger partial charge is 0.348 e. The summed E-state index contributed by atoms with van der Waals surface area (Å²) in [5, 5.41) is 15.4. The van der Waals surface area contributed by atoms with Crippen LogP contribution in [0.3, 0.4) is 0 Å². The predicted molar refractivity (Wildman–Crippen MR) is 153 cm³/mol. The first-order valence-electron chi connectivity index (χ1n) is 12.2. The summed E-state index contributed by atoms with van der Waals surface area (Å²) in [5.74, 6) is 1.80. The summed E-state index contributed by atoms with van der Waals surface area (Å²) < 4.78 is 0. The molecule has 0 amide bonds. The van der Waals surface area contributed by atoms with Crippen molar-refractivity contribution in [3.63, 3.8) is 0 Å². The number of para-hydroxylation sites is 2. The summed E-state index contributed by atoms with van der Waals surface area (Å²) >= 11 is 0. The van der Waals surface area contributed by atoms with Crippen LogP contribution in [0.2, 0.25) is 0 Å². The van der Waals surface area contributed by atoms with E-state index in [0.717, 1.165) is 34.1 Å². The van der Waals surface area contributed by atoms with Gasteiger partial charge in [-0.2, -0.15) is 0 Å². The molecule has 38 heavy (non-hydrogen) atoms. The van der Waals surface area contributed by atoms with Gasteiger partial charge in [-0.1, -0.05) is 36.4 Å². The van der Waals surface area contributed by atoms with E-state index >= 15 is 0 Å². The Labute approximate surface area is 219 Å². The van der Waals surface area contributed by atoms with Crippen LogP contribution in [0.15, 0.2) is 97.6 Å². The summed E-state index contributed by atoms with van der Waals surface area (Å²) in [5.41, 5.74) is 6.74. The van der Waals surface area contributed by atoms with Crippen LogP contribution in [-0.2, 0) is 0 Å². The SMILES string of the molecule is C(=C\c1cc[nH]c1Nc1ccccc1)/c1cnc2c(/C=C/c3cc[nH]c3Nc3ccccc3)nnc-2cn1. The van der Waals surface area contributed by atoms with Gasteiger partial charge in [-0.3, -0.25) is 4.98 Å². The molecule has 0 atom stereocenters. The highest BCUT2D eigenvalue weighted by atomic mass is 15.1. The van der Waals surface area contributed by atoms with Gasteiger partial charge in [0.1, 0.15) is 28.7 Å². The maximum atomic E-state index is 4.65. The van der Waals surface area contributed by atoms with Gasteiger partial charge < -0.3 is 20.6 Å². The predicted octanol–water partition coefficient (Wildman–Crippen LogP) is 6.86. The molecule has 2 aliphatic rings. The molecule has 4 heterocycles. The highest BCUT2D eigenvalue weighted by molar-refractivity contribution is 5.81. The summed E-state index contributed by atoms with van der Waals surface area (Å²) in [7, 11) is 0.